The summed E-state index contributed by atoms with van der Waals surface area (Å²) in [4.78, 5) is 10.7. The van der Waals surface area contributed by atoms with Gasteiger partial charge in [-0.05, 0) is 35.7 Å². The summed E-state index contributed by atoms with van der Waals surface area (Å²) in [5.74, 6) is 0. The number of fused-ring (bicyclic) bond motifs is 2. The monoisotopic (exact) mass is 302 g/mol. The van der Waals surface area contributed by atoms with E-state index in [4.69, 9.17) is 0 Å². The van der Waals surface area contributed by atoms with E-state index in [2.05, 4.69) is 44.1 Å². The van der Waals surface area contributed by atoms with Gasteiger partial charge in [0.15, 0.2) is 0 Å². The van der Waals surface area contributed by atoms with E-state index < -0.39 is 0 Å². The molecule has 7 heteroatoms. The third-order valence-electron chi connectivity index (χ3n) is 3.93. The fourth-order valence-electron chi connectivity index (χ4n) is 2.83. The molecule has 0 atom stereocenters. The number of pyridine rings is 1. The van der Waals surface area contributed by atoms with Crippen LogP contribution in [0.1, 0.15) is 0 Å². The molecular weight excluding hydrogens is 290 g/mol. The second-order valence-electron chi connectivity index (χ2n) is 5.26. The maximum absolute atomic E-state index is 4.32. The average Bonchev–Trinajstić information content (AvgIpc) is 3.32. The molecular formula is C16H12N7. The Morgan fingerprint density at radius 1 is 1.09 bits per heavy atom. The third kappa shape index (κ3) is 1.76. The fourth-order valence-corrected chi connectivity index (χ4v) is 2.83. The van der Waals surface area contributed by atoms with Crippen LogP contribution in [0.4, 0.5) is 11.4 Å². The minimum absolute atomic E-state index is 0.830. The molecule has 1 aromatic carbocycles. The van der Waals surface area contributed by atoms with Gasteiger partial charge < -0.3 is 9.97 Å². The molecule has 111 valence electrons. The molecule has 7 nitrogen and oxygen atoms in total. The summed E-state index contributed by atoms with van der Waals surface area (Å²) in [5.41, 5.74) is 6.73. The predicted molar refractivity (Wildman–Crippen MR) is 89.9 cm³/mol. The van der Waals surface area contributed by atoms with E-state index in [1.165, 1.54) is 5.39 Å². The molecule has 0 saturated carbocycles. The molecule has 3 N–H and O–H groups in total. The summed E-state index contributed by atoms with van der Waals surface area (Å²) in [5, 5.41) is 9.89. The van der Waals surface area contributed by atoms with E-state index in [1.54, 1.807) is 6.20 Å². The smallest absolute Gasteiger partial charge is 0.222 e. The first-order valence-electron chi connectivity index (χ1n) is 7.20. The SMILES string of the molecule is [C]1=NNN(c2c[nH]c3ncccc23)N1c1ccc2cc[nH]c2c1. The molecule has 1 aliphatic rings. The normalized spacial score (nSPS) is 14.1. The maximum atomic E-state index is 4.32. The highest BCUT2D eigenvalue weighted by atomic mass is 15.9. The lowest BCUT2D eigenvalue weighted by Gasteiger charge is -2.26. The van der Waals surface area contributed by atoms with Gasteiger partial charge in [-0.15, -0.1) is 5.10 Å². The Morgan fingerprint density at radius 2 is 2.09 bits per heavy atom. The zero-order valence-corrected chi connectivity index (χ0v) is 12.0. The van der Waals surface area contributed by atoms with Crippen LogP contribution in [-0.2, 0) is 0 Å². The third-order valence-corrected chi connectivity index (χ3v) is 3.93. The number of nitrogens with one attached hydrogen (secondary N) is 3. The van der Waals surface area contributed by atoms with Gasteiger partial charge in [-0.25, -0.2) is 9.99 Å². The molecule has 4 aromatic rings. The number of rotatable bonds is 2. The largest absolute Gasteiger partial charge is 0.361 e. The number of hydrazine groups is 2. The second kappa shape index (κ2) is 4.51. The van der Waals surface area contributed by atoms with Crippen LogP contribution in [0.3, 0.4) is 0 Å². The average molecular weight is 302 g/mol. The molecule has 0 amide bonds. The molecule has 0 spiro atoms. The van der Waals surface area contributed by atoms with Gasteiger partial charge in [0.1, 0.15) is 11.3 Å². The Balaban J connectivity index is 1.60. The van der Waals surface area contributed by atoms with Crippen LogP contribution in [0.15, 0.2) is 60.1 Å². The molecule has 23 heavy (non-hydrogen) atoms. The first-order chi connectivity index (χ1) is 11.4. The van der Waals surface area contributed by atoms with Crippen molar-refractivity contribution in [1.29, 1.82) is 0 Å². The van der Waals surface area contributed by atoms with Crippen molar-refractivity contribution in [1.82, 2.24) is 20.5 Å². The standard InChI is InChI=1S/C16H12N7/c1-2-13-15(9-19-16(13)18-6-1)23-21-20-10-22(23)12-4-3-11-5-7-17-14(11)8-12/h1-9,17,21H,(H,18,19). The molecule has 1 aliphatic heterocycles. The summed E-state index contributed by atoms with van der Waals surface area (Å²) < 4.78 is 0. The van der Waals surface area contributed by atoms with Crippen LogP contribution in [0.2, 0.25) is 0 Å². The van der Waals surface area contributed by atoms with Gasteiger partial charge >= 0.3 is 0 Å². The van der Waals surface area contributed by atoms with E-state index in [0.717, 1.165) is 27.9 Å². The van der Waals surface area contributed by atoms with Crippen molar-refractivity contribution in [2.75, 3.05) is 10.1 Å². The summed E-state index contributed by atoms with van der Waals surface area (Å²) in [6.45, 7) is 0. The van der Waals surface area contributed by atoms with Gasteiger partial charge in [0.25, 0.3) is 0 Å². The number of anilines is 2. The van der Waals surface area contributed by atoms with E-state index in [9.17, 15) is 0 Å². The topological polar surface area (TPSA) is 75.3 Å². The summed E-state index contributed by atoms with van der Waals surface area (Å²) >= 11 is 0. The molecule has 3 aromatic heterocycles. The Hall–Kier alpha value is -3.48. The van der Waals surface area contributed by atoms with E-state index in [-0.39, 0.29) is 0 Å². The lowest BCUT2D eigenvalue weighted by molar-refractivity contribution is 0.726. The molecule has 5 rings (SSSR count). The van der Waals surface area contributed by atoms with E-state index in [1.807, 2.05) is 46.8 Å². The zero-order chi connectivity index (χ0) is 15.2. The first-order valence-corrected chi connectivity index (χ1v) is 7.20. The van der Waals surface area contributed by atoms with Crippen LogP contribution in [-0.4, -0.2) is 21.3 Å². The molecule has 4 heterocycles. The quantitative estimate of drug-likeness (QED) is 0.532. The van der Waals surface area contributed by atoms with Crippen molar-refractivity contribution in [3.63, 3.8) is 0 Å². The van der Waals surface area contributed by atoms with Gasteiger partial charge in [0.05, 0.1) is 5.69 Å². The molecule has 0 bridgehead atoms. The summed E-state index contributed by atoms with van der Waals surface area (Å²) in [7, 11) is 0. The fraction of sp³-hybridized carbons (Fsp3) is 0. The summed E-state index contributed by atoms with van der Waals surface area (Å²) in [6.07, 6.45) is 8.55. The van der Waals surface area contributed by atoms with E-state index >= 15 is 0 Å². The lowest BCUT2D eigenvalue weighted by atomic mass is 10.2. The highest BCUT2D eigenvalue weighted by molar-refractivity contribution is 5.96. The van der Waals surface area contributed by atoms with Crippen LogP contribution in [0.5, 0.6) is 0 Å². The Labute approximate surface area is 131 Å². The number of benzene rings is 1. The van der Waals surface area contributed by atoms with Gasteiger partial charge in [-0.2, -0.15) is 10.7 Å². The van der Waals surface area contributed by atoms with Gasteiger partial charge in [-0.3, -0.25) is 0 Å². The minimum Gasteiger partial charge on any atom is -0.361 e. The van der Waals surface area contributed by atoms with Crippen molar-refractivity contribution in [2.24, 2.45) is 5.10 Å². The van der Waals surface area contributed by atoms with Crippen LogP contribution in [0.25, 0.3) is 21.9 Å². The number of hydrazone groups is 1. The number of aromatic nitrogens is 3. The second-order valence-corrected chi connectivity index (χ2v) is 5.26. The van der Waals surface area contributed by atoms with Crippen molar-refractivity contribution in [3.05, 3.63) is 55.0 Å². The van der Waals surface area contributed by atoms with E-state index in [0.29, 0.717) is 0 Å². The Kier molecular flexibility index (Phi) is 2.37. The maximum Gasteiger partial charge on any atom is 0.222 e. The van der Waals surface area contributed by atoms with Gasteiger partial charge in [0.2, 0.25) is 6.34 Å². The first kappa shape index (κ1) is 12.1. The number of H-pyrrole nitrogens is 2. The predicted octanol–water partition coefficient (Wildman–Crippen LogP) is 2.61. The minimum atomic E-state index is 0.830. The van der Waals surface area contributed by atoms with Crippen molar-refractivity contribution >= 4 is 39.6 Å². The van der Waals surface area contributed by atoms with Crippen LogP contribution < -0.4 is 15.7 Å². The molecule has 0 unspecified atom stereocenters. The van der Waals surface area contributed by atoms with Gasteiger partial charge in [0, 0.05) is 29.5 Å². The number of aromatic amines is 2. The zero-order valence-electron chi connectivity index (χ0n) is 12.0. The van der Waals surface area contributed by atoms with Crippen LogP contribution >= 0.6 is 0 Å². The molecule has 0 saturated heterocycles. The highest BCUT2D eigenvalue weighted by Crippen LogP contribution is 2.29. The molecule has 0 aliphatic carbocycles. The molecule has 0 fully saturated rings. The van der Waals surface area contributed by atoms with Crippen molar-refractivity contribution in [3.8, 4) is 0 Å². The Morgan fingerprint density at radius 3 is 3.09 bits per heavy atom. The summed E-state index contributed by atoms with van der Waals surface area (Å²) in [6, 6.07) is 12.1. The highest BCUT2D eigenvalue weighted by Gasteiger charge is 2.23. The Bertz CT molecular complexity index is 1030. The number of nitrogens with zero attached hydrogens (tertiary/aromatic N) is 4. The molecule has 1 radical (unpaired) electrons. The van der Waals surface area contributed by atoms with Crippen molar-refractivity contribution in [2.45, 2.75) is 0 Å². The van der Waals surface area contributed by atoms with Crippen LogP contribution in [0, 0.1) is 0 Å². The number of hydrogen-bond donors (Lipinski definition) is 3. The van der Waals surface area contributed by atoms with Gasteiger partial charge in [-0.1, -0.05) is 6.07 Å². The lowest BCUT2D eigenvalue weighted by Crippen LogP contribution is -2.43. The van der Waals surface area contributed by atoms with Crippen molar-refractivity contribution < 1.29 is 0 Å². The number of hydrogen-bond acceptors (Lipinski definition) is 5.